The molecule has 1 N–H and O–H groups in total. The van der Waals surface area contributed by atoms with E-state index in [1.807, 2.05) is 19.1 Å². The molecule has 0 radical (unpaired) electrons. The topological polar surface area (TPSA) is 34.1 Å². The van der Waals surface area contributed by atoms with Crippen LogP contribution in [0.15, 0.2) is 18.3 Å². The molecule has 0 aliphatic carbocycles. The summed E-state index contributed by atoms with van der Waals surface area (Å²) in [4.78, 5) is 4.31. The van der Waals surface area contributed by atoms with Gasteiger partial charge in [-0.1, -0.05) is 0 Å². The molecule has 1 aromatic heterocycles. The van der Waals surface area contributed by atoms with Crippen LogP contribution >= 0.6 is 0 Å². The smallest absolute Gasteiger partial charge is 0.137 e. The largest absolute Gasteiger partial charge is 0.492 e. The summed E-state index contributed by atoms with van der Waals surface area (Å²) in [6.45, 7) is 9.86. The summed E-state index contributed by atoms with van der Waals surface area (Å²) in [6.07, 6.45) is 1.77. The molecule has 0 atom stereocenters. The highest BCUT2D eigenvalue weighted by Crippen LogP contribution is 2.09. The van der Waals surface area contributed by atoms with Crippen LogP contribution in [-0.4, -0.2) is 17.1 Å². The predicted octanol–water partition coefficient (Wildman–Crippen LogP) is 2.37. The van der Waals surface area contributed by atoms with Crippen molar-refractivity contribution in [3.63, 3.8) is 0 Å². The third-order valence-electron chi connectivity index (χ3n) is 1.91. The van der Waals surface area contributed by atoms with Gasteiger partial charge in [-0.15, -0.1) is 0 Å². The third-order valence-corrected chi connectivity index (χ3v) is 1.91. The average molecular weight is 208 g/mol. The molecule has 3 heteroatoms. The number of nitrogens with zero attached hydrogens (tertiary/aromatic N) is 1. The van der Waals surface area contributed by atoms with Crippen LogP contribution in [0.5, 0.6) is 5.75 Å². The van der Waals surface area contributed by atoms with Crippen LogP contribution in [0.2, 0.25) is 0 Å². The Morgan fingerprint density at radius 1 is 1.33 bits per heavy atom. The molecule has 0 aliphatic rings. The summed E-state index contributed by atoms with van der Waals surface area (Å²) in [5, 5.41) is 3.39. The molecule has 84 valence electrons. The number of pyridine rings is 1. The molecule has 0 saturated carbocycles. The molecule has 0 spiro atoms. The number of aromatic nitrogens is 1. The van der Waals surface area contributed by atoms with Crippen molar-refractivity contribution < 1.29 is 4.74 Å². The van der Waals surface area contributed by atoms with E-state index in [2.05, 4.69) is 31.1 Å². The first-order valence-corrected chi connectivity index (χ1v) is 5.34. The molecule has 1 aromatic rings. The second-order valence-corrected chi connectivity index (χ2v) is 4.52. The van der Waals surface area contributed by atoms with E-state index >= 15 is 0 Å². The Morgan fingerprint density at radius 3 is 2.53 bits per heavy atom. The van der Waals surface area contributed by atoms with E-state index in [9.17, 15) is 0 Å². The van der Waals surface area contributed by atoms with Crippen molar-refractivity contribution in [2.45, 2.75) is 39.8 Å². The van der Waals surface area contributed by atoms with Gasteiger partial charge in [0.2, 0.25) is 0 Å². The van der Waals surface area contributed by atoms with Crippen molar-refractivity contribution >= 4 is 0 Å². The lowest BCUT2D eigenvalue weighted by atomic mass is 10.1. The third kappa shape index (κ3) is 4.79. The summed E-state index contributed by atoms with van der Waals surface area (Å²) < 4.78 is 5.32. The van der Waals surface area contributed by atoms with Gasteiger partial charge in [-0.2, -0.15) is 0 Å². The maximum Gasteiger partial charge on any atom is 0.137 e. The van der Waals surface area contributed by atoms with Crippen molar-refractivity contribution in [2.75, 3.05) is 6.61 Å². The number of hydrogen-bond donors (Lipinski definition) is 1. The van der Waals surface area contributed by atoms with Gasteiger partial charge in [0.05, 0.1) is 18.5 Å². The van der Waals surface area contributed by atoms with E-state index in [-0.39, 0.29) is 5.54 Å². The molecule has 0 amide bonds. The Kier molecular flexibility index (Phi) is 4.09. The molecule has 15 heavy (non-hydrogen) atoms. The van der Waals surface area contributed by atoms with Crippen LogP contribution in [0.3, 0.4) is 0 Å². The number of hydrogen-bond acceptors (Lipinski definition) is 3. The van der Waals surface area contributed by atoms with Crippen molar-refractivity contribution in [3.8, 4) is 5.75 Å². The lowest BCUT2D eigenvalue weighted by molar-refractivity contribution is 0.338. The zero-order valence-corrected chi connectivity index (χ0v) is 10.0. The van der Waals surface area contributed by atoms with E-state index in [1.54, 1.807) is 6.20 Å². The van der Waals surface area contributed by atoms with Gasteiger partial charge in [0.1, 0.15) is 5.75 Å². The SMILES string of the molecule is CCOc1ccc(CNC(C)(C)C)nc1. The molecular formula is C12H20N2O. The molecule has 0 fully saturated rings. The van der Waals surface area contributed by atoms with Crippen LogP contribution in [0, 0.1) is 0 Å². The summed E-state index contributed by atoms with van der Waals surface area (Å²) in [5.74, 6) is 0.831. The Morgan fingerprint density at radius 2 is 2.07 bits per heavy atom. The lowest BCUT2D eigenvalue weighted by Crippen LogP contribution is -2.35. The van der Waals surface area contributed by atoms with Gasteiger partial charge < -0.3 is 10.1 Å². The van der Waals surface area contributed by atoms with Crippen LogP contribution in [-0.2, 0) is 6.54 Å². The van der Waals surface area contributed by atoms with Gasteiger partial charge in [-0.3, -0.25) is 4.98 Å². The molecule has 0 aliphatic heterocycles. The quantitative estimate of drug-likeness (QED) is 0.824. The fourth-order valence-corrected chi connectivity index (χ4v) is 1.12. The van der Waals surface area contributed by atoms with Gasteiger partial charge in [-0.05, 0) is 39.8 Å². The van der Waals surface area contributed by atoms with Gasteiger partial charge in [0.15, 0.2) is 0 Å². The molecule has 0 unspecified atom stereocenters. The fraction of sp³-hybridized carbons (Fsp3) is 0.583. The second kappa shape index (κ2) is 5.12. The maximum atomic E-state index is 5.32. The predicted molar refractivity (Wildman–Crippen MR) is 62.0 cm³/mol. The minimum Gasteiger partial charge on any atom is -0.492 e. The van der Waals surface area contributed by atoms with Gasteiger partial charge in [0, 0.05) is 12.1 Å². The molecule has 0 saturated heterocycles. The normalized spacial score (nSPS) is 11.5. The molecular weight excluding hydrogens is 188 g/mol. The maximum absolute atomic E-state index is 5.32. The molecule has 3 nitrogen and oxygen atoms in total. The lowest BCUT2D eigenvalue weighted by Gasteiger charge is -2.20. The molecule has 0 aromatic carbocycles. The minimum absolute atomic E-state index is 0.125. The summed E-state index contributed by atoms with van der Waals surface area (Å²) in [5.41, 5.74) is 1.16. The zero-order chi connectivity index (χ0) is 11.3. The molecule has 0 bridgehead atoms. The summed E-state index contributed by atoms with van der Waals surface area (Å²) >= 11 is 0. The first-order chi connectivity index (χ1) is 7.01. The first kappa shape index (κ1) is 12.0. The van der Waals surface area contributed by atoms with E-state index in [0.717, 1.165) is 18.0 Å². The highest BCUT2D eigenvalue weighted by molar-refractivity contribution is 5.19. The van der Waals surface area contributed by atoms with Crippen molar-refractivity contribution in [3.05, 3.63) is 24.0 Å². The van der Waals surface area contributed by atoms with Crippen LogP contribution in [0.4, 0.5) is 0 Å². The second-order valence-electron chi connectivity index (χ2n) is 4.52. The zero-order valence-electron chi connectivity index (χ0n) is 10.0. The number of nitrogens with one attached hydrogen (secondary N) is 1. The highest BCUT2D eigenvalue weighted by atomic mass is 16.5. The fourth-order valence-electron chi connectivity index (χ4n) is 1.12. The number of rotatable bonds is 4. The van der Waals surface area contributed by atoms with E-state index < -0.39 is 0 Å². The van der Waals surface area contributed by atoms with Crippen molar-refractivity contribution in [1.82, 2.24) is 10.3 Å². The monoisotopic (exact) mass is 208 g/mol. The minimum atomic E-state index is 0.125. The summed E-state index contributed by atoms with van der Waals surface area (Å²) in [7, 11) is 0. The van der Waals surface area contributed by atoms with Crippen LogP contribution in [0.1, 0.15) is 33.4 Å². The average Bonchev–Trinajstić information content (AvgIpc) is 2.16. The Hall–Kier alpha value is -1.09. The van der Waals surface area contributed by atoms with Crippen LogP contribution < -0.4 is 10.1 Å². The standard InChI is InChI=1S/C12H20N2O/c1-5-15-11-7-6-10(13-9-11)8-14-12(2,3)4/h6-7,9,14H,5,8H2,1-4H3. The highest BCUT2D eigenvalue weighted by Gasteiger charge is 2.08. The number of ether oxygens (including phenoxy) is 1. The first-order valence-electron chi connectivity index (χ1n) is 5.34. The van der Waals surface area contributed by atoms with Crippen molar-refractivity contribution in [1.29, 1.82) is 0 Å². The van der Waals surface area contributed by atoms with Gasteiger partial charge >= 0.3 is 0 Å². The summed E-state index contributed by atoms with van der Waals surface area (Å²) in [6, 6.07) is 3.94. The Bertz CT molecular complexity index is 287. The molecule has 1 rings (SSSR count). The van der Waals surface area contributed by atoms with E-state index in [0.29, 0.717) is 6.61 Å². The Balaban J connectivity index is 2.50. The van der Waals surface area contributed by atoms with E-state index in [1.165, 1.54) is 0 Å². The van der Waals surface area contributed by atoms with Crippen LogP contribution in [0.25, 0.3) is 0 Å². The van der Waals surface area contributed by atoms with Gasteiger partial charge in [-0.25, -0.2) is 0 Å². The molecule has 1 heterocycles. The van der Waals surface area contributed by atoms with Crippen molar-refractivity contribution in [2.24, 2.45) is 0 Å². The van der Waals surface area contributed by atoms with Gasteiger partial charge in [0.25, 0.3) is 0 Å². The van der Waals surface area contributed by atoms with E-state index in [4.69, 9.17) is 4.74 Å². The Labute approximate surface area is 91.9 Å².